The van der Waals surface area contributed by atoms with E-state index >= 15 is 0 Å². The molecule has 1 aromatic rings. The number of aromatic nitrogens is 1. The van der Waals surface area contributed by atoms with E-state index < -0.39 is 10.0 Å². The molecule has 1 aromatic heterocycles. The summed E-state index contributed by atoms with van der Waals surface area (Å²) >= 11 is 11.7. The lowest BCUT2D eigenvalue weighted by atomic mass is 10.3. The highest BCUT2D eigenvalue weighted by atomic mass is 35.5. The summed E-state index contributed by atoms with van der Waals surface area (Å²) in [6, 6.07) is 1.48. The SMILES string of the molecule is Cn1c(C(=O)NCCCNS(C)(=O)=O)cc(Cl)c1Cl. The molecule has 19 heavy (non-hydrogen) atoms. The molecule has 1 heterocycles. The van der Waals surface area contributed by atoms with Crippen molar-refractivity contribution in [2.75, 3.05) is 19.3 Å². The molecule has 0 unspecified atom stereocenters. The maximum absolute atomic E-state index is 11.8. The number of halogens is 2. The highest BCUT2D eigenvalue weighted by Gasteiger charge is 2.15. The maximum Gasteiger partial charge on any atom is 0.267 e. The highest BCUT2D eigenvalue weighted by molar-refractivity contribution is 7.88. The number of sulfonamides is 1. The molecule has 0 aromatic carbocycles. The molecular formula is C10H15Cl2N3O3S. The summed E-state index contributed by atoms with van der Waals surface area (Å²) in [7, 11) is -1.55. The average molecular weight is 328 g/mol. The standard InChI is InChI=1S/C10H15Cl2N3O3S/c1-15-8(6-7(11)9(15)12)10(16)13-4-3-5-14-19(2,17)18/h6,14H,3-5H2,1-2H3,(H,13,16). The summed E-state index contributed by atoms with van der Waals surface area (Å²) in [4.78, 5) is 11.8. The van der Waals surface area contributed by atoms with Gasteiger partial charge in [0.2, 0.25) is 10.0 Å². The lowest BCUT2D eigenvalue weighted by Gasteiger charge is -2.06. The van der Waals surface area contributed by atoms with E-state index in [9.17, 15) is 13.2 Å². The van der Waals surface area contributed by atoms with Crippen molar-refractivity contribution in [1.29, 1.82) is 0 Å². The summed E-state index contributed by atoms with van der Waals surface area (Å²) in [5.41, 5.74) is 0.353. The van der Waals surface area contributed by atoms with Gasteiger partial charge >= 0.3 is 0 Å². The largest absolute Gasteiger partial charge is 0.351 e. The van der Waals surface area contributed by atoms with Gasteiger partial charge in [0, 0.05) is 20.1 Å². The molecule has 1 amide bonds. The van der Waals surface area contributed by atoms with Crippen LogP contribution in [0.3, 0.4) is 0 Å². The Balaban J connectivity index is 2.42. The first-order valence-electron chi connectivity index (χ1n) is 5.46. The van der Waals surface area contributed by atoms with E-state index in [0.717, 1.165) is 6.26 Å². The van der Waals surface area contributed by atoms with E-state index in [1.54, 1.807) is 7.05 Å². The van der Waals surface area contributed by atoms with Gasteiger partial charge in [-0.3, -0.25) is 4.79 Å². The van der Waals surface area contributed by atoms with E-state index in [1.165, 1.54) is 10.6 Å². The Morgan fingerprint density at radius 3 is 2.47 bits per heavy atom. The van der Waals surface area contributed by atoms with Crippen LogP contribution in [0.1, 0.15) is 16.9 Å². The summed E-state index contributed by atoms with van der Waals surface area (Å²) in [5, 5.41) is 3.26. The Kier molecular flexibility index (Phi) is 5.66. The average Bonchev–Trinajstić information content (AvgIpc) is 2.55. The molecule has 9 heteroatoms. The third-order valence-electron chi connectivity index (χ3n) is 2.35. The van der Waals surface area contributed by atoms with Gasteiger partial charge < -0.3 is 9.88 Å². The molecule has 0 bridgehead atoms. The Morgan fingerprint density at radius 2 is 2.00 bits per heavy atom. The molecule has 0 aliphatic rings. The van der Waals surface area contributed by atoms with Crippen molar-refractivity contribution in [2.45, 2.75) is 6.42 Å². The van der Waals surface area contributed by atoms with Crippen LogP contribution in [0.5, 0.6) is 0 Å². The molecular weight excluding hydrogens is 313 g/mol. The maximum atomic E-state index is 11.8. The van der Waals surface area contributed by atoms with Crippen molar-refractivity contribution in [3.63, 3.8) is 0 Å². The quantitative estimate of drug-likeness (QED) is 0.765. The first-order valence-corrected chi connectivity index (χ1v) is 8.10. The van der Waals surface area contributed by atoms with E-state index in [-0.39, 0.29) is 12.5 Å². The van der Waals surface area contributed by atoms with Crippen LogP contribution in [-0.4, -0.2) is 38.2 Å². The molecule has 0 saturated heterocycles. The van der Waals surface area contributed by atoms with Crippen molar-refractivity contribution >= 4 is 39.1 Å². The molecule has 0 aliphatic heterocycles. The Labute approximate surface area is 122 Å². The van der Waals surface area contributed by atoms with Crippen molar-refractivity contribution in [3.8, 4) is 0 Å². The van der Waals surface area contributed by atoms with Crippen molar-refractivity contribution in [3.05, 3.63) is 21.9 Å². The molecule has 6 nitrogen and oxygen atoms in total. The fourth-order valence-corrected chi connectivity index (χ4v) is 2.29. The first kappa shape index (κ1) is 16.3. The van der Waals surface area contributed by atoms with Gasteiger partial charge in [0.25, 0.3) is 5.91 Å². The van der Waals surface area contributed by atoms with Gasteiger partial charge in [-0.1, -0.05) is 23.2 Å². The third kappa shape index (κ3) is 5.02. The van der Waals surface area contributed by atoms with Crippen LogP contribution in [0.25, 0.3) is 0 Å². The monoisotopic (exact) mass is 327 g/mol. The van der Waals surface area contributed by atoms with Gasteiger partial charge in [-0.25, -0.2) is 13.1 Å². The van der Waals surface area contributed by atoms with Crippen LogP contribution in [0.2, 0.25) is 10.2 Å². The molecule has 1 rings (SSSR count). The predicted molar refractivity (Wildman–Crippen MR) is 75.2 cm³/mol. The number of hydrogen-bond acceptors (Lipinski definition) is 3. The minimum atomic E-state index is -3.19. The molecule has 0 atom stereocenters. The second kappa shape index (κ2) is 6.60. The Hall–Kier alpha value is -0.760. The lowest BCUT2D eigenvalue weighted by Crippen LogP contribution is -2.30. The number of amides is 1. The molecule has 0 radical (unpaired) electrons. The predicted octanol–water partition coefficient (Wildman–Crippen LogP) is 1.00. The smallest absolute Gasteiger partial charge is 0.267 e. The zero-order chi connectivity index (χ0) is 14.6. The zero-order valence-electron chi connectivity index (χ0n) is 10.5. The van der Waals surface area contributed by atoms with Gasteiger partial charge in [-0.15, -0.1) is 0 Å². The molecule has 0 aliphatic carbocycles. The first-order chi connectivity index (χ1) is 8.72. The zero-order valence-corrected chi connectivity index (χ0v) is 12.9. The van der Waals surface area contributed by atoms with Gasteiger partial charge in [0.05, 0.1) is 11.3 Å². The minimum Gasteiger partial charge on any atom is -0.351 e. The molecule has 0 saturated carbocycles. The van der Waals surface area contributed by atoms with Crippen LogP contribution in [-0.2, 0) is 17.1 Å². The summed E-state index contributed by atoms with van der Waals surface area (Å²) in [5.74, 6) is -0.310. The van der Waals surface area contributed by atoms with E-state index in [2.05, 4.69) is 10.0 Å². The number of carbonyl (C=O) groups is 1. The molecule has 108 valence electrons. The molecule has 0 fully saturated rings. The van der Waals surface area contributed by atoms with E-state index in [1.807, 2.05) is 0 Å². The van der Waals surface area contributed by atoms with E-state index in [4.69, 9.17) is 23.2 Å². The van der Waals surface area contributed by atoms with Gasteiger partial charge in [-0.05, 0) is 12.5 Å². The van der Waals surface area contributed by atoms with E-state index in [0.29, 0.717) is 28.8 Å². The highest BCUT2D eigenvalue weighted by Crippen LogP contribution is 2.24. The van der Waals surface area contributed by atoms with Gasteiger partial charge in [-0.2, -0.15) is 0 Å². The van der Waals surface area contributed by atoms with Gasteiger partial charge in [0.1, 0.15) is 10.8 Å². The van der Waals surface area contributed by atoms with Crippen LogP contribution >= 0.6 is 23.2 Å². The van der Waals surface area contributed by atoms with Crippen LogP contribution in [0, 0.1) is 0 Å². The summed E-state index contributed by atoms with van der Waals surface area (Å²) in [6.07, 6.45) is 1.57. The molecule has 2 N–H and O–H groups in total. The second-order valence-corrected chi connectivity index (χ2v) is 6.60. The number of nitrogens with one attached hydrogen (secondary N) is 2. The number of rotatable bonds is 6. The third-order valence-corrected chi connectivity index (χ3v) is 3.92. The lowest BCUT2D eigenvalue weighted by molar-refractivity contribution is 0.0945. The van der Waals surface area contributed by atoms with Crippen LogP contribution in [0.15, 0.2) is 6.07 Å². The van der Waals surface area contributed by atoms with Crippen molar-refractivity contribution in [1.82, 2.24) is 14.6 Å². The summed E-state index contributed by atoms with van der Waals surface area (Å²) < 4.78 is 25.4. The van der Waals surface area contributed by atoms with Crippen LogP contribution < -0.4 is 10.0 Å². The Morgan fingerprint density at radius 1 is 1.37 bits per heavy atom. The molecule has 0 spiro atoms. The van der Waals surface area contributed by atoms with Gasteiger partial charge in [0.15, 0.2) is 0 Å². The number of carbonyl (C=O) groups excluding carboxylic acids is 1. The fourth-order valence-electron chi connectivity index (χ4n) is 1.40. The minimum absolute atomic E-state index is 0.272. The second-order valence-electron chi connectivity index (χ2n) is 4.00. The Bertz CT molecular complexity index is 569. The van der Waals surface area contributed by atoms with Crippen LogP contribution in [0.4, 0.5) is 0 Å². The fraction of sp³-hybridized carbons (Fsp3) is 0.500. The number of nitrogens with zero attached hydrogens (tertiary/aromatic N) is 1. The normalized spacial score (nSPS) is 11.6. The topological polar surface area (TPSA) is 80.2 Å². The van der Waals surface area contributed by atoms with Crippen molar-refractivity contribution < 1.29 is 13.2 Å². The van der Waals surface area contributed by atoms with Crippen molar-refractivity contribution in [2.24, 2.45) is 7.05 Å². The number of hydrogen-bond donors (Lipinski definition) is 2. The summed E-state index contributed by atoms with van der Waals surface area (Å²) in [6.45, 7) is 0.621.